The summed E-state index contributed by atoms with van der Waals surface area (Å²) >= 11 is 13.4. The number of rotatable bonds is 12. The van der Waals surface area contributed by atoms with Gasteiger partial charge in [0.15, 0.2) is 5.16 Å². The van der Waals surface area contributed by atoms with Crippen LogP contribution >= 0.6 is 35.0 Å². The molecule has 3 rings (SSSR count). The van der Waals surface area contributed by atoms with Crippen LogP contribution in [0.15, 0.2) is 60.3 Å². The third kappa shape index (κ3) is 7.25. The van der Waals surface area contributed by atoms with E-state index >= 15 is 0 Å². The van der Waals surface area contributed by atoms with Crippen molar-refractivity contribution in [3.63, 3.8) is 0 Å². The summed E-state index contributed by atoms with van der Waals surface area (Å²) in [6, 6.07) is 13.0. The first-order valence-electron chi connectivity index (χ1n) is 10.6. The third-order valence-corrected chi connectivity index (χ3v) is 6.30. The maximum absolute atomic E-state index is 12.5. The number of para-hydroxylation sites is 1. The predicted molar refractivity (Wildman–Crippen MR) is 136 cm³/mol. The van der Waals surface area contributed by atoms with E-state index in [1.54, 1.807) is 24.3 Å². The normalized spacial score (nSPS) is 10.8. The van der Waals surface area contributed by atoms with Crippen molar-refractivity contribution >= 4 is 46.6 Å². The second-order valence-electron chi connectivity index (χ2n) is 7.17. The molecule has 0 saturated heterocycles. The van der Waals surface area contributed by atoms with E-state index < -0.39 is 0 Å². The molecule has 1 amide bonds. The predicted octanol–water partition coefficient (Wildman–Crippen LogP) is 6.08. The topological polar surface area (TPSA) is 69.0 Å². The number of benzene rings is 2. The van der Waals surface area contributed by atoms with E-state index in [9.17, 15) is 4.79 Å². The average Bonchev–Trinajstić information content (AvgIpc) is 3.18. The molecule has 1 heterocycles. The molecular weight excluding hydrogens is 479 g/mol. The molecule has 0 unspecified atom stereocenters. The largest absolute Gasteiger partial charge is 0.492 e. The molecule has 0 atom stereocenters. The van der Waals surface area contributed by atoms with Crippen LogP contribution in [0.2, 0.25) is 10.0 Å². The molecule has 0 aliphatic carbocycles. The summed E-state index contributed by atoms with van der Waals surface area (Å²) in [4.78, 5) is 12.5. The quantitative estimate of drug-likeness (QED) is 0.184. The first-order chi connectivity index (χ1) is 16.0. The number of hydrogen-bond acceptors (Lipinski definition) is 5. The lowest BCUT2D eigenvalue weighted by atomic mass is 10.1. The number of amides is 1. The van der Waals surface area contributed by atoms with Gasteiger partial charge in [-0.2, -0.15) is 0 Å². The third-order valence-electron chi connectivity index (χ3n) is 4.81. The number of carbonyl (C=O) groups excluding carboxylic acids is 1. The Bertz CT molecular complexity index is 1100. The minimum absolute atomic E-state index is 0.0798. The van der Waals surface area contributed by atoms with Crippen LogP contribution in [-0.2, 0) is 24.2 Å². The van der Waals surface area contributed by atoms with E-state index in [1.165, 1.54) is 11.8 Å². The van der Waals surface area contributed by atoms with Crippen LogP contribution in [-0.4, -0.2) is 33.0 Å². The number of carbonyl (C=O) groups is 1. The SMILES string of the molecule is C=CCn1c(CCCOc2ccc(Cl)cc2Cl)nnc1SCC(=O)Nc1ccccc1CC. The molecule has 6 nitrogen and oxygen atoms in total. The van der Waals surface area contributed by atoms with Crippen molar-refractivity contribution in [2.24, 2.45) is 0 Å². The number of ether oxygens (including phenoxy) is 1. The Balaban J connectivity index is 1.54. The van der Waals surface area contributed by atoms with Gasteiger partial charge in [0, 0.05) is 23.7 Å². The standard InChI is InChI=1S/C24H26Cl2N4O2S/c1-3-13-30-22(10-7-14-32-21-12-11-18(25)15-19(21)26)28-29-24(30)33-16-23(31)27-20-9-6-5-8-17(20)4-2/h3,5-6,8-9,11-12,15H,1,4,7,10,13-14,16H2,2H3,(H,27,31). The van der Waals surface area contributed by atoms with Gasteiger partial charge in [-0.1, -0.05) is 66.2 Å². The molecule has 0 fully saturated rings. The molecule has 0 spiro atoms. The summed E-state index contributed by atoms with van der Waals surface area (Å²) in [6.07, 6.45) is 4.04. The number of aromatic nitrogens is 3. The molecule has 33 heavy (non-hydrogen) atoms. The lowest BCUT2D eigenvalue weighted by Crippen LogP contribution is -2.16. The highest BCUT2D eigenvalue weighted by atomic mass is 35.5. The van der Waals surface area contributed by atoms with Crippen LogP contribution in [0, 0.1) is 0 Å². The van der Waals surface area contributed by atoms with Crippen molar-refractivity contribution in [2.45, 2.75) is 37.9 Å². The number of nitrogens with zero attached hydrogens (tertiary/aromatic N) is 3. The smallest absolute Gasteiger partial charge is 0.234 e. The van der Waals surface area contributed by atoms with Crippen LogP contribution in [0.3, 0.4) is 0 Å². The average molecular weight is 505 g/mol. The maximum Gasteiger partial charge on any atom is 0.234 e. The van der Waals surface area contributed by atoms with E-state index in [0.29, 0.717) is 40.5 Å². The minimum Gasteiger partial charge on any atom is -0.492 e. The fourth-order valence-corrected chi connectivity index (χ4v) is 4.42. The van der Waals surface area contributed by atoms with E-state index in [1.807, 2.05) is 28.8 Å². The summed E-state index contributed by atoms with van der Waals surface area (Å²) in [6.45, 7) is 6.93. The second-order valence-corrected chi connectivity index (χ2v) is 8.96. The fourth-order valence-electron chi connectivity index (χ4n) is 3.19. The molecule has 0 saturated carbocycles. The highest BCUT2D eigenvalue weighted by Crippen LogP contribution is 2.27. The van der Waals surface area contributed by atoms with Crippen LogP contribution in [0.25, 0.3) is 0 Å². The lowest BCUT2D eigenvalue weighted by Gasteiger charge is -2.11. The van der Waals surface area contributed by atoms with Gasteiger partial charge in [-0.15, -0.1) is 16.8 Å². The number of hydrogen-bond donors (Lipinski definition) is 1. The summed E-state index contributed by atoms with van der Waals surface area (Å²) in [5.41, 5.74) is 1.95. The van der Waals surface area contributed by atoms with Gasteiger partial charge < -0.3 is 14.6 Å². The van der Waals surface area contributed by atoms with E-state index in [-0.39, 0.29) is 11.7 Å². The molecule has 1 aromatic heterocycles. The van der Waals surface area contributed by atoms with E-state index in [4.69, 9.17) is 27.9 Å². The minimum atomic E-state index is -0.0798. The van der Waals surface area contributed by atoms with Gasteiger partial charge in [-0.3, -0.25) is 4.79 Å². The Morgan fingerprint density at radius 3 is 2.82 bits per heavy atom. The van der Waals surface area contributed by atoms with Gasteiger partial charge in [-0.05, 0) is 42.7 Å². The van der Waals surface area contributed by atoms with E-state index in [0.717, 1.165) is 29.9 Å². The zero-order valence-electron chi connectivity index (χ0n) is 18.4. The molecule has 9 heteroatoms. The van der Waals surface area contributed by atoms with Gasteiger partial charge in [0.1, 0.15) is 11.6 Å². The number of thioether (sulfide) groups is 1. The lowest BCUT2D eigenvalue weighted by molar-refractivity contribution is -0.113. The monoisotopic (exact) mass is 504 g/mol. The highest BCUT2D eigenvalue weighted by molar-refractivity contribution is 7.99. The molecule has 1 N–H and O–H groups in total. The van der Waals surface area contributed by atoms with Crippen molar-refractivity contribution in [2.75, 3.05) is 17.7 Å². The summed E-state index contributed by atoms with van der Waals surface area (Å²) in [5.74, 6) is 1.58. The van der Waals surface area contributed by atoms with Crippen LogP contribution in [0.5, 0.6) is 5.75 Å². The molecule has 0 aliphatic heterocycles. The maximum atomic E-state index is 12.5. The fraction of sp³-hybridized carbons (Fsp3) is 0.292. The van der Waals surface area contributed by atoms with Gasteiger partial charge >= 0.3 is 0 Å². The Morgan fingerprint density at radius 1 is 1.24 bits per heavy atom. The number of halogens is 2. The summed E-state index contributed by atoms with van der Waals surface area (Å²) < 4.78 is 7.72. The van der Waals surface area contributed by atoms with Crippen molar-refractivity contribution in [1.29, 1.82) is 0 Å². The Kier molecular flexibility index (Phi) is 9.66. The second kappa shape index (κ2) is 12.7. The van der Waals surface area contributed by atoms with Gasteiger partial charge in [-0.25, -0.2) is 0 Å². The van der Waals surface area contributed by atoms with Crippen LogP contribution in [0.4, 0.5) is 5.69 Å². The van der Waals surface area contributed by atoms with Crippen LogP contribution < -0.4 is 10.1 Å². The zero-order valence-corrected chi connectivity index (χ0v) is 20.7. The molecule has 2 aromatic carbocycles. The number of allylic oxidation sites excluding steroid dienone is 1. The Hall–Kier alpha value is -2.48. The van der Waals surface area contributed by atoms with Crippen LogP contribution in [0.1, 0.15) is 24.7 Å². The summed E-state index contributed by atoms with van der Waals surface area (Å²) in [7, 11) is 0. The van der Waals surface area contributed by atoms with Gasteiger partial charge in [0.2, 0.25) is 5.91 Å². The van der Waals surface area contributed by atoms with Gasteiger partial charge in [0.25, 0.3) is 0 Å². The van der Waals surface area contributed by atoms with Gasteiger partial charge in [0.05, 0.1) is 17.4 Å². The number of anilines is 1. The first-order valence-corrected chi connectivity index (χ1v) is 12.4. The van der Waals surface area contributed by atoms with Crippen molar-refractivity contribution in [3.8, 4) is 5.75 Å². The zero-order chi connectivity index (χ0) is 23.6. The molecular formula is C24H26Cl2N4O2S. The number of aryl methyl sites for hydroxylation is 2. The molecule has 0 bridgehead atoms. The molecule has 0 aliphatic rings. The molecule has 0 radical (unpaired) electrons. The summed E-state index contributed by atoms with van der Waals surface area (Å²) in [5, 5.41) is 13.3. The first kappa shape index (κ1) is 25.1. The van der Waals surface area contributed by atoms with Crippen molar-refractivity contribution in [1.82, 2.24) is 14.8 Å². The molecule has 174 valence electrons. The molecule has 3 aromatic rings. The van der Waals surface area contributed by atoms with E-state index in [2.05, 4.69) is 29.0 Å². The highest BCUT2D eigenvalue weighted by Gasteiger charge is 2.14. The van der Waals surface area contributed by atoms with Crippen molar-refractivity contribution < 1.29 is 9.53 Å². The Morgan fingerprint density at radius 2 is 2.06 bits per heavy atom. The number of nitrogens with one attached hydrogen (secondary N) is 1. The Labute approximate surface area is 208 Å². The van der Waals surface area contributed by atoms with Crippen molar-refractivity contribution in [3.05, 3.63) is 76.6 Å².